The van der Waals surface area contributed by atoms with Crippen LogP contribution in [0.2, 0.25) is 0 Å². The van der Waals surface area contributed by atoms with E-state index in [0.29, 0.717) is 0 Å². The van der Waals surface area contributed by atoms with Crippen molar-refractivity contribution < 1.29 is 0 Å². The number of nitrogens with one attached hydrogen (secondary N) is 1. The van der Waals surface area contributed by atoms with Crippen molar-refractivity contribution >= 4 is 0 Å². The third-order valence-corrected chi connectivity index (χ3v) is 3.40. The average molecular weight is 262 g/mol. The second-order valence-electron chi connectivity index (χ2n) is 5.84. The first kappa shape index (κ1) is 16.2. The van der Waals surface area contributed by atoms with Crippen LogP contribution in [0.25, 0.3) is 0 Å². The van der Waals surface area contributed by atoms with Crippen LogP contribution in [-0.2, 0) is 13.0 Å². The number of hydrogen-bond donors (Lipinski definition) is 1. The van der Waals surface area contributed by atoms with E-state index in [1.165, 1.54) is 24.1 Å². The zero-order chi connectivity index (χ0) is 14.1. The average Bonchev–Trinajstić information content (AvgIpc) is 2.39. The van der Waals surface area contributed by atoms with E-state index in [1.807, 2.05) is 0 Å². The Hall–Kier alpha value is -0.860. The van der Waals surface area contributed by atoms with Gasteiger partial charge in [-0.05, 0) is 56.6 Å². The fraction of sp³-hybridized carbons (Fsp3) is 0.647. The summed E-state index contributed by atoms with van der Waals surface area (Å²) < 4.78 is 0. The first-order valence-electron chi connectivity index (χ1n) is 7.59. The molecule has 0 atom stereocenters. The van der Waals surface area contributed by atoms with Crippen LogP contribution in [-0.4, -0.2) is 31.6 Å². The van der Waals surface area contributed by atoms with Crippen molar-refractivity contribution in [1.29, 1.82) is 0 Å². The largest absolute Gasteiger partial charge is 0.317 e. The van der Waals surface area contributed by atoms with E-state index in [2.05, 4.69) is 62.3 Å². The molecule has 2 nitrogen and oxygen atoms in total. The van der Waals surface area contributed by atoms with E-state index in [4.69, 9.17) is 0 Å². The van der Waals surface area contributed by atoms with Crippen molar-refractivity contribution in [1.82, 2.24) is 10.2 Å². The lowest BCUT2D eigenvalue weighted by molar-refractivity contribution is 0.303. The van der Waals surface area contributed by atoms with Crippen molar-refractivity contribution in [3.63, 3.8) is 0 Å². The van der Waals surface area contributed by atoms with E-state index in [-0.39, 0.29) is 0 Å². The third-order valence-electron chi connectivity index (χ3n) is 3.40. The molecule has 0 bridgehead atoms. The van der Waals surface area contributed by atoms with Gasteiger partial charge in [0.15, 0.2) is 0 Å². The van der Waals surface area contributed by atoms with Crippen molar-refractivity contribution in [2.45, 2.75) is 40.2 Å². The number of nitrogens with zero attached hydrogens (tertiary/aromatic N) is 1. The highest BCUT2D eigenvalue weighted by Gasteiger charge is 2.02. The van der Waals surface area contributed by atoms with Gasteiger partial charge in [-0.15, -0.1) is 0 Å². The molecule has 1 rings (SSSR count). The van der Waals surface area contributed by atoms with Gasteiger partial charge < -0.3 is 10.2 Å². The summed E-state index contributed by atoms with van der Waals surface area (Å²) in [7, 11) is 2.21. The molecule has 0 amide bonds. The highest BCUT2D eigenvalue weighted by atomic mass is 15.1. The van der Waals surface area contributed by atoms with Gasteiger partial charge in [-0.1, -0.05) is 45.0 Å². The zero-order valence-electron chi connectivity index (χ0n) is 13.1. The number of likely N-dealkylation sites (N-methyl/N-ethyl adjacent to an activating group) is 1. The van der Waals surface area contributed by atoms with Crippen LogP contribution in [0.3, 0.4) is 0 Å². The van der Waals surface area contributed by atoms with Gasteiger partial charge in [0.1, 0.15) is 0 Å². The summed E-state index contributed by atoms with van der Waals surface area (Å²) in [5.41, 5.74) is 2.84. The maximum Gasteiger partial charge on any atom is 0.0230 e. The predicted molar refractivity (Wildman–Crippen MR) is 84.5 cm³/mol. The van der Waals surface area contributed by atoms with Gasteiger partial charge in [-0.25, -0.2) is 0 Å². The molecule has 0 saturated carbocycles. The molecule has 0 aliphatic heterocycles. The Bertz CT molecular complexity index is 330. The summed E-state index contributed by atoms with van der Waals surface area (Å²) in [6.45, 7) is 11.1. The molecule has 0 aliphatic rings. The van der Waals surface area contributed by atoms with Crippen LogP contribution in [0.5, 0.6) is 0 Å². The van der Waals surface area contributed by atoms with Gasteiger partial charge in [-0.2, -0.15) is 0 Å². The first-order chi connectivity index (χ1) is 9.11. The normalized spacial score (nSPS) is 11.5. The molecule has 19 heavy (non-hydrogen) atoms. The molecule has 1 N–H and O–H groups in total. The second kappa shape index (κ2) is 9.11. The number of hydrogen-bond acceptors (Lipinski definition) is 2. The molecular formula is C17H30N2. The minimum atomic E-state index is 0.788. The lowest BCUT2D eigenvalue weighted by Gasteiger charge is -2.18. The lowest BCUT2D eigenvalue weighted by Crippen LogP contribution is -2.20. The Morgan fingerprint density at radius 2 is 1.74 bits per heavy atom. The fourth-order valence-corrected chi connectivity index (χ4v) is 2.09. The maximum atomic E-state index is 3.36. The Morgan fingerprint density at radius 1 is 1.11 bits per heavy atom. The predicted octanol–water partition coefficient (Wildman–Crippen LogP) is 3.32. The van der Waals surface area contributed by atoms with Gasteiger partial charge in [0.2, 0.25) is 0 Å². The monoisotopic (exact) mass is 262 g/mol. The van der Waals surface area contributed by atoms with Crippen molar-refractivity contribution in [2.24, 2.45) is 5.92 Å². The van der Waals surface area contributed by atoms with Crippen molar-refractivity contribution in [2.75, 3.05) is 26.7 Å². The van der Waals surface area contributed by atoms with E-state index < -0.39 is 0 Å². The standard InChI is InChI=1S/C17H30N2/c1-5-18-12-10-16-6-8-17(9-7-16)14-19(4)13-11-15(2)3/h6-9,15,18H,5,10-14H2,1-4H3. The molecule has 0 saturated heterocycles. The van der Waals surface area contributed by atoms with Crippen molar-refractivity contribution in [3.05, 3.63) is 35.4 Å². The van der Waals surface area contributed by atoms with Crippen LogP contribution in [0.15, 0.2) is 24.3 Å². The smallest absolute Gasteiger partial charge is 0.0230 e. The number of benzene rings is 1. The van der Waals surface area contributed by atoms with E-state index in [9.17, 15) is 0 Å². The van der Waals surface area contributed by atoms with Gasteiger partial charge >= 0.3 is 0 Å². The van der Waals surface area contributed by atoms with Gasteiger partial charge in [0.25, 0.3) is 0 Å². The van der Waals surface area contributed by atoms with E-state index in [0.717, 1.165) is 32.0 Å². The summed E-state index contributed by atoms with van der Waals surface area (Å²) >= 11 is 0. The Labute approximate surface area is 119 Å². The molecular weight excluding hydrogens is 232 g/mol. The molecule has 1 aromatic rings. The van der Waals surface area contributed by atoms with Gasteiger partial charge in [-0.3, -0.25) is 0 Å². The molecule has 0 fully saturated rings. The molecule has 108 valence electrons. The van der Waals surface area contributed by atoms with Crippen molar-refractivity contribution in [3.8, 4) is 0 Å². The van der Waals surface area contributed by atoms with Crippen LogP contribution in [0.1, 0.15) is 38.3 Å². The summed E-state index contributed by atoms with van der Waals surface area (Å²) in [5, 5.41) is 3.36. The molecule has 1 aromatic carbocycles. The Morgan fingerprint density at radius 3 is 2.32 bits per heavy atom. The minimum absolute atomic E-state index is 0.788. The fourth-order valence-electron chi connectivity index (χ4n) is 2.09. The highest BCUT2D eigenvalue weighted by molar-refractivity contribution is 5.22. The zero-order valence-corrected chi connectivity index (χ0v) is 13.1. The van der Waals surface area contributed by atoms with Crippen LogP contribution >= 0.6 is 0 Å². The Balaban J connectivity index is 2.34. The molecule has 0 heterocycles. The third kappa shape index (κ3) is 7.34. The minimum Gasteiger partial charge on any atom is -0.317 e. The SMILES string of the molecule is CCNCCc1ccc(CN(C)CCC(C)C)cc1. The molecule has 0 unspecified atom stereocenters. The van der Waals surface area contributed by atoms with E-state index >= 15 is 0 Å². The summed E-state index contributed by atoms with van der Waals surface area (Å²) in [6, 6.07) is 9.08. The highest BCUT2D eigenvalue weighted by Crippen LogP contribution is 2.09. The van der Waals surface area contributed by atoms with Crippen LogP contribution in [0, 0.1) is 5.92 Å². The van der Waals surface area contributed by atoms with E-state index in [1.54, 1.807) is 0 Å². The van der Waals surface area contributed by atoms with Crippen LogP contribution in [0.4, 0.5) is 0 Å². The maximum absolute atomic E-state index is 3.36. The van der Waals surface area contributed by atoms with Gasteiger partial charge in [0.05, 0.1) is 0 Å². The quantitative estimate of drug-likeness (QED) is 0.687. The van der Waals surface area contributed by atoms with Crippen LogP contribution < -0.4 is 5.32 Å². The molecule has 0 spiro atoms. The lowest BCUT2D eigenvalue weighted by atomic mass is 10.1. The number of rotatable bonds is 9. The summed E-state index contributed by atoms with van der Waals surface area (Å²) in [6.07, 6.45) is 2.40. The second-order valence-corrected chi connectivity index (χ2v) is 5.84. The Kier molecular flexibility index (Phi) is 7.76. The molecule has 0 aromatic heterocycles. The van der Waals surface area contributed by atoms with Gasteiger partial charge in [0, 0.05) is 6.54 Å². The summed E-state index contributed by atoms with van der Waals surface area (Å²) in [4.78, 5) is 2.41. The topological polar surface area (TPSA) is 15.3 Å². The molecule has 0 aliphatic carbocycles. The first-order valence-corrected chi connectivity index (χ1v) is 7.59. The summed E-state index contributed by atoms with van der Waals surface area (Å²) in [5.74, 6) is 0.788. The molecule has 0 radical (unpaired) electrons. The molecule has 2 heteroatoms.